The van der Waals surface area contributed by atoms with E-state index in [-0.39, 0.29) is 30.3 Å². The Morgan fingerprint density at radius 3 is 2.25 bits per heavy atom. The van der Waals surface area contributed by atoms with Crippen LogP contribution in [-0.2, 0) is 4.74 Å². The Balaban J connectivity index is 1.23. The summed E-state index contributed by atoms with van der Waals surface area (Å²) in [7, 11) is 0. The Hall–Kier alpha value is -0.330. The van der Waals surface area contributed by atoms with Crippen molar-refractivity contribution in [3.05, 3.63) is 0 Å². The Morgan fingerprint density at radius 1 is 0.861 bits per heavy atom. The first-order valence-electron chi connectivity index (χ1n) is 14.9. The summed E-state index contributed by atoms with van der Waals surface area (Å²) in [5, 5.41) is 21.3. The van der Waals surface area contributed by atoms with Gasteiger partial charge in [-0.25, -0.2) is 0 Å². The first-order chi connectivity index (χ1) is 16.9. The standard InChI is InChI=1S/C30H49F3O3/c1-19(4-9-26(34)20-11-16-36-17-12-20)23-7-8-24-22-6-5-21-18-29(35,30(31,32)33)15-14-27(21,2)25(22)10-13-28(23,24)3/h19-26,34-35H,4-18H2,1-3H3/t19-,21+,22+,23-,24+,25+,26+,27+,28-,29+/m1/s1. The van der Waals surface area contributed by atoms with Gasteiger partial charge >= 0.3 is 6.18 Å². The predicted molar refractivity (Wildman–Crippen MR) is 134 cm³/mol. The normalized spacial score (nSPS) is 47.5. The molecule has 1 aliphatic heterocycles. The van der Waals surface area contributed by atoms with Crippen molar-refractivity contribution in [1.82, 2.24) is 0 Å². The van der Waals surface area contributed by atoms with Crippen LogP contribution >= 0.6 is 0 Å². The van der Waals surface area contributed by atoms with E-state index in [1.807, 2.05) is 0 Å². The average Bonchev–Trinajstić information content (AvgIpc) is 3.20. The second kappa shape index (κ2) is 9.70. The van der Waals surface area contributed by atoms with Crippen molar-refractivity contribution in [3.8, 4) is 0 Å². The van der Waals surface area contributed by atoms with E-state index in [0.29, 0.717) is 47.3 Å². The molecule has 4 saturated carbocycles. The van der Waals surface area contributed by atoms with Crippen molar-refractivity contribution in [3.63, 3.8) is 0 Å². The molecule has 36 heavy (non-hydrogen) atoms. The van der Waals surface area contributed by atoms with Gasteiger partial charge in [0.1, 0.15) is 0 Å². The first-order valence-corrected chi connectivity index (χ1v) is 14.9. The second-order valence-electron chi connectivity index (χ2n) is 14.2. The van der Waals surface area contributed by atoms with Gasteiger partial charge < -0.3 is 14.9 Å². The van der Waals surface area contributed by atoms with Crippen LogP contribution in [0.3, 0.4) is 0 Å². The lowest BCUT2D eigenvalue weighted by molar-refractivity contribution is -0.290. The molecule has 0 amide bonds. The molecule has 0 aromatic heterocycles. The lowest BCUT2D eigenvalue weighted by Crippen LogP contribution is -2.59. The van der Waals surface area contributed by atoms with Crippen molar-refractivity contribution in [1.29, 1.82) is 0 Å². The number of hydrogen-bond acceptors (Lipinski definition) is 3. The topological polar surface area (TPSA) is 49.7 Å². The largest absolute Gasteiger partial charge is 0.417 e. The molecule has 6 heteroatoms. The third-order valence-electron chi connectivity index (χ3n) is 12.7. The van der Waals surface area contributed by atoms with Crippen LogP contribution in [0.25, 0.3) is 0 Å². The fourth-order valence-electron chi connectivity index (χ4n) is 10.4. The van der Waals surface area contributed by atoms with Crippen LogP contribution in [0.2, 0.25) is 0 Å². The van der Waals surface area contributed by atoms with Gasteiger partial charge in [0, 0.05) is 13.2 Å². The van der Waals surface area contributed by atoms with Gasteiger partial charge in [0.05, 0.1) is 6.10 Å². The smallest absolute Gasteiger partial charge is 0.393 e. The molecule has 2 N–H and O–H groups in total. The van der Waals surface area contributed by atoms with Crippen LogP contribution in [0, 0.1) is 52.3 Å². The minimum atomic E-state index is -4.52. The Bertz CT molecular complexity index is 782. The van der Waals surface area contributed by atoms with Gasteiger partial charge in [0.25, 0.3) is 0 Å². The van der Waals surface area contributed by atoms with Crippen molar-refractivity contribution in [2.24, 2.45) is 52.3 Å². The van der Waals surface area contributed by atoms with Crippen molar-refractivity contribution in [2.45, 2.75) is 122 Å². The SMILES string of the molecule is C[C@H](CC[C@H](O)C1CCOCC1)[C@H]1CC[C@H]2[C@@H]3CC[C@H]4C[C@](O)(C(F)(F)F)CC[C@]4(C)[C@H]3CC[C@]12C. The van der Waals surface area contributed by atoms with Crippen LogP contribution in [0.5, 0.6) is 0 Å². The Labute approximate surface area is 215 Å². The van der Waals surface area contributed by atoms with E-state index >= 15 is 0 Å². The molecule has 3 nitrogen and oxygen atoms in total. The van der Waals surface area contributed by atoms with E-state index in [0.717, 1.165) is 58.2 Å². The van der Waals surface area contributed by atoms with Crippen molar-refractivity contribution in [2.75, 3.05) is 13.2 Å². The molecule has 0 unspecified atom stereocenters. The van der Waals surface area contributed by atoms with Gasteiger partial charge in [-0.1, -0.05) is 20.8 Å². The lowest BCUT2D eigenvalue weighted by Gasteiger charge is -2.62. The molecule has 0 spiro atoms. The maximum atomic E-state index is 13.6. The summed E-state index contributed by atoms with van der Waals surface area (Å²) in [6.45, 7) is 8.74. The summed E-state index contributed by atoms with van der Waals surface area (Å²) in [5.74, 6) is 3.42. The maximum Gasteiger partial charge on any atom is 0.417 e. The van der Waals surface area contributed by atoms with Crippen LogP contribution in [-0.4, -0.2) is 41.3 Å². The number of rotatable bonds is 5. The number of aliphatic hydroxyl groups is 2. The zero-order valence-corrected chi connectivity index (χ0v) is 22.7. The molecule has 5 aliphatic rings. The fourth-order valence-corrected chi connectivity index (χ4v) is 10.4. The summed E-state index contributed by atoms with van der Waals surface area (Å²) >= 11 is 0. The van der Waals surface area contributed by atoms with Crippen LogP contribution < -0.4 is 0 Å². The molecule has 5 fully saturated rings. The van der Waals surface area contributed by atoms with Gasteiger partial charge in [-0.3, -0.25) is 0 Å². The number of aliphatic hydroxyl groups excluding tert-OH is 1. The zero-order valence-electron chi connectivity index (χ0n) is 22.7. The third kappa shape index (κ3) is 4.47. The summed E-state index contributed by atoms with van der Waals surface area (Å²) in [5.41, 5.74) is -2.25. The Kier molecular flexibility index (Phi) is 7.34. The van der Waals surface area contributed by atoms with Gasteiger partial charge in [-0.2, -0.15) is 13.2 Å². The summed E-state index contributed by atoms with van der Waals surface area (Å²) in [6.07, 6.45) is 6.12. The minimum absolute atomic E-state index is 0.0220. The highest BCUT2D eigenvalue weighted by molar-refractivity contribution is 5.11. The summed E-state index contributed by atoms with van der Waals surface area (Å²) in [4.78, 5) is 0. The number of halogens is 3. The molecule has 208 valence electrons. The van der Waals surface area contributed by atoms with E-state index in [2.05, 4.69) is 20.8 Å². The number of ether oxygens (including phenoxy) is 1. The highest BCUT2D eigenvalue weighted by Crippen LogP contribution is 2.69. The minimum Gasteiger partial charge on any atom is -0.393 e. The molecular weight excluding hydrogens is 465 g/mol. The second-order valence-corrected chi connectivity index (χ2v) is 14.2. The highest BCUT2D eigenvalue weighted by atomic mass is 19.4. The van der Waals surface area contributed by atoms with E-state index in [9.17, 15) is 23.4 Å². The molecule has 1 saturated heterocycles. The van der Waals surface area contributed by atoms with Crippen LogP contribution in [0.15, 0.2) is 0 Å². The van der Waals surface area contributed by atoms with Crippen LogP contribution in [0.4, 0.5) is 13.2 Å². The van der Waals surface area contributed by atoms with E-state index in [1.165, 1.54) is 19.3 Å². The average molecular weight is 515 g/mol. The van der Waals surface area contributed by atoms with E-state index in [4.69, 9.17) is 4.74 Å². The quantitative estimate of drug-likeness (QED) is 0.410. The maximum absolute atomic E-state index is 13.6. The molecule has 10 atom stereocenters. The van der Waals surface area contributed by atoms with Gasteiger partial charge in [0.2, 0.25) is 0 Å². The molecule has 0 aromatic rings. The first kappa shape index (κ1) is 27.2. The predicted octanol–water partition coefficient (Wildman–Crippen LogP) is 7.14. The molecule has 0 radical (unpaired) electrons. The van der Waals surface area contributed by atoms with Gasteiger partial charge in [0.15, 0.2) is 5.60 Å². The molecule has 0 bridgehead atoms. The number of hydrogen-bond donors (Lipinski definition) is 2. The van der Waals surface area contributed by atoms with E-state index in [1.54, 1.807) is 0 Å². The van der Waals surface area contributed by atoms with Crippen molar-refractivity contribution >= 4 is 0 Å². The number of fused-ring (bicyclic) bond motifs is 5. The Morgan fingerprint density at radius 2 is 1.56 bits per heavy atom. The summed E-state index contributed by atoms with van der Waals surface area (Å²) in [6, 6.07) is 0. The molecule has 0 aromatic carbocycles. The zero-order chi connectivity index (χ0) is 25.9. The van der Waals surface area contributed by atoms with E-state index < -0.39 is 11.8 Å². The monoisotopic (exact) mass is 514 g/mol. The molecule has 4 aliphatic carbocycles. The third-order valence-corrected chi connectivity index (χ3v) is 12.7. The lowest BCUT2D eigenvalue weighted by atomic mass is 9.43. The van der Waals surface area contributed by atoms with Crippen LogP contribution in [0.1, 0.15) is 104 Å². The van der Waals surface area contributed by atoms with Gasteiger partial charge in [-0.05, 0) is 136 Å². The fraction of sp³-hybridized carbons (Fsp3) is 1.00. The van der Waals surface area contributed by atoms with Gasteiger partial charge in [-0.15, -0.1) is 0 Å². The molecule has 5 rings (SSSR count). The molecular formula is C30H49F3O3. The highest BCUT2D eigenvalue weighted by Gasteiger charge is 2.65. The number of alkyl halides is 3. The molecule has 1 heterocycles. The van der Waals surface area contributed by atoms with Crippen molar-refractivity contribution < 1.29 is 28.1 Å². The summed E-state index contributed by atoms with van der Waals surface area (Å²) < 4.78 is 46.4.